The lowest BCUT2D eigenvalue weighted by Gasteiger charge is -2.11. The molecule has 10 heteroatoms. The molecule has 0 aliphatic heterocycles. The van der Waals surface area contributed by atoms with E-state index in [0.29, 0.717) is 37.2 Å². The van der Waals surface area contributed by atoms with Gasteiger partial charge in [-0.05, 0) is 58.7 Å². The first-order valence-electron chi connectivity index (χ1n) is 8.74. The van der Waals surface area contributed by atoms with Gasteiger partial charge in [0.25, 0.3) is 5.91 Å². The standard InChI is InChI=1S/C20H19BrCl2N2O5/c1-11-14(5-4-13(21)20(11)23)24-18(27)10-30-19(28)8-7-17(26)25-15-9-12(22)3-6-16(15)29-2/h3-6,9H,7-8,10H2,1-2H3,(H,24,27)(H,25,26). The second-order valence-corrected chi connectivity index (χ2v) is 7.80. The molecule has 0 bridgehead atoms. The molecule has 0 spiro atoms. The van der Waals surface area contributed by atoms with Gasteiger partial charge in [-0.25, -0.2) is 0 Å². The molecule has 2 N–H and O–H groups in total. The Morgan fingerprint density at radius 1 is 1.00 bits per heavy atom. The second kappa shape index (κ2) is 11.2. The van der Waals surface area contributed by atoms with Gasteiger partial charge in [0.05, 0.1) is 24.2 Å². The minimum Gasteiger partial charge on any atom is -0.495 e. The van der Waals surface area contributed by atoms with Crippen molar-refractivity contribution in [2.24, 2.45) is 0 Å². The first-order valence-corrected chi connectivity index (χ1v) is 10.3. The predicted octanol–water partition coefficient (Wildman–Crippen LogP) is 4.97. The summed E-state index contributed by atoms with van der Waals surface area (Å²) in [6.45, 7) is 1.28. The molecule has 2 aromatic carbocycles. The Balaban J connectivity index is 1.78. The van der Waals surface area contributed by atoms with E-state index in [4.69, 9.17) is 32.7 Å². The maximum atomic E-state index is 12.1. The number of amides is 2. The lowest BCUT2D eigenvalue weighted by atomic mass is 10.2. The van der Waals surface area contributed by atoms with Crippen molar-refractivity contribution in [1.82, 2.24) is 0 Å². The summed E-state index contributed by atoms with van der Waals surface area (Å²) in [7, 11) is 1.46. The number of carbonyl (C=O) groups is 3. The van der Waals surface area contributed by atoms with E-state index in [1.807, 2.05) is 0 Å². The lowest BCUT2D eigenvalue weighted by molar-refractivity contribution is -0.147. The van der Waals surface area contributed by atoms with Crippen LogP contribution < -0.4 is 15.4 Å². The lowest BCUT2D eigenvalue weighted by Crippen LogP contribution is -2.22. The van der Waals surface area contributed by atoms with Crippen LogP contribution in [-0.4, -0.2) is 31.5 Å². The van der Waals surface area contributed by atoms with Gasteiger partial charge < -0.3 is 20.1 Å². The minimum absolute atomic E-state index is 0.127. The zero-order valence-corrected chi connectivity index (χ0v) is 19.3. The normalized spacial score (nSPS) is 10.3. The molecule has 0 radical (unpaired) electrons. The zero-order valence-electron chi connectivity index (χ0n) is 16.2. The molecule has 30 heavy (non-hydrogen) atoms. The minimum atomic E-state index is -0.677. The largest absolute Gasteiger partial charge is 0.495 e. The predicted molar refractivity (Wildman–Crippen MR) is 119 cm³/mol. The molecule has 2 aromatic rings. The van der Waals surface area contributed by atoms with Crippen LogP contribution in [0.2, 0.25) is 10.0 Å². The number of benzene rings is 2. The number of methoxy groups -OCH3 is 1. The van der Waals surface area contributed by atoms with Crippen LogP contribution in [0.1, 0.15) is 18.4 Å². The third-order valence-corrected chi connectivity index (χ3v) is 5.58. The Hall–Kier alpha value is -2.29. The van der Waals surface area contributed by atoms with Gasteiger partial charge in [-0.2, -0.15) is 0 Å². The van der Waals surface area contributed by atoms with E-state index < -0.39 is 24.4 Å². The maximum Gasteiger partial charge on any atom is 0.306 e. The highest BCUT2D eigenvalue weighted by molar-refractivity contribution is 9.10. The molecule has 0 saturated carbocycles. The number of hydrogen-bond donors (Lipinski definition) is 2. The maximum absolute atomic E-state index is 12.1. The molecule has 0 atom stereocenters. The van der Waals surface area contributed by atoms with Gasteiger partial charge >= 0.3 is 5.97 Å². The van der Waals surface area contributed by atoms with Crippen molar-refractivity contribution in [1.29, 1.82) is 0 Å². The first-order chi connectivity index (χ1) is 14.2. The first kappa shape index (κ1) is 24.0. The van der Waals surface area contributed by atoms with E-state index in [9.17, 15) is 14.4 Å². The van der Waals surface area contributed by atoms with Crippen molar-refractivity contribution < 1.29 is 23.9 Å². The molecule has 0 fully saturated rings. The average Bonchev–Trinajstić information content (AvgIpc) is 2.71. The summed E-state index contributed by atoms with van der Waals surface area (Å²) in [5, 5.41) is 6.15. The van der Waals surface area contributed by atoms with Gasteiger partial charge in [-0.3, -0.25) is 14.4 Å². The highest BCUT2D eigenvalue weighted by Gasteiger charge is 2.14. The number of hydrogen-bond acceptors (Lipinski definition) is 5. The molecule has 0 heterocycles. The Morgan fingerprint density at radius 2 is 1.70 bits per heavy atom. The topological polar surface area (TPSA) is 93.7 Å². The number of esters is 1. The summed E-state index contributed by atoms with van der Waals surface area (Å²) < 4.78 is 10.8. The van der Waals surface area contributed by atoms with Crippen LogP contribution >= 0.6 is 39.1 Å². The molecule has 2 amide bonds. The number of halogens is 3. The fraction of sp³-hybridized carbons (Fsp3) is 0.250. The molecule has 0 unspecified atom stereocenters. The van der Waals surface area contributed by atoms with Crippen LogP contribution in [0, 0.1) is 6.92 Å². The summed E-state index contributed by atoms with van der Waals surface area (Å²) >= 11 is 15.3. The van der Waals surface area contributed by atoms with E-state index in [-0.39, 0.29) is 12.8 Å². The molecule has 0 aliphatic rings. The number of anilines is 2. The fourth-order valence-corrected chi connectivity index (χ4v) is 3.16. The quantitative estimate of drug-likeness (QED) is 0.482. The van der Waals surface area contributed by atoms with Crippen LogP contribution in [-0.2, 0) is 19.1 Å². The number of carbonyl (C=O) groups excluding carboxylic acids is 3. The van der Waals surface area contributed by atoms with Crippen LogP contribution in [0.4, 0.5) is 11.4 Å². The number of rotatable bonds is 8. The highest BCUT2D eigenvalue weighted by atomic mass is 79.9. The third kappa shape index (κ3) is 6.90. The molecule has 160 valence electrons. The summed E-state index contributed by atoms with van der Waals surface area (Å²) in [4.78, 5) is 35.9. The van der Waals surface area contributed by atoms with Crippen molar-refractivity contribution >= 4 is 68.3 Å². The fourth-order valence-electron chi connectivity index (χ4n) is 2.40. The van der Waals surface area contributed by atoms with E-state index >= 15 is 0 Å². The zero-order chi connectivity index (χ0) is 22.3. The molecule has 7 nitrogen and oxygen atoms in total. The molecule has 0 saturated heterocycles. The van der Waals surface area contributed by atoms with Gasteiger partial charge in [0.15, 0.2) is 6.61 Å². The summed E-state index contributed by atoms with van der Waals surface area (Å²) in [5.41, 5.74) is 1.59. The third-order valence-electron chi connectivity index (χ3n) is 3.97. The Labute approximate surface area is 192 Å². The van der Waals surface area contributed by atoms with Crippen LogP contribution in [0.3, 0.4) is 0 Å². The number of ether oxygens (including phenoxy) is 2. The van der Waals surface area contributed by atoms with Crippen LogP contribution in [0.5, 0.6) is 5.75 Å². The summed E-state index contributed by atoms with van der Waals surface area (Å²) in [5.74, 6) is -1.17. The van der Waals surface area contributed by atoms with Gasteiger partial charge in [0, 0.05) is 21.6 Å². The second-order valence-electron chi connectivity index (χ2n) is 6.14. The van der Waals surface area contributed by atoms with E-state index in [0.717, 1.165) is 0 Å². The van der Waals surface area contributed by atoms with Crippen molar-refractivity contribution in [3.63, 3.8) is 0 Å². The van der Waals surface area contributed by atoms with Gasteiger partial charge in [0.2, 0.25) is 5.91 Å². The van der Waals surface area contributed by atoms with Gasteiger partial charge in [-0.15, -0.1) is 0 Å². The summed E-state index contributed by atoms with van der Waals surface area (Å²) in [6, 6.07) is 8.16. The van der Waals surface area contributed by atoms with Crippen LogP contribution in [0.25, 0.3) is 0 Å². The summed E-state index contributed by atoms with van der Waals surface area (Å²) in [6.07, 6.45) is -0.317. The Morgan fingerprint density at radius 3 is 2.40 bits per heavy atom. The van der Waals surface area contributed by atoms with E-state index in [1.165, 1.54) is 13.2 Å². The molecule has 0 aliphatic carbocycles. The smallest absolute Gasteiger partial charge is 0.306 e. The molecule has 2 rings (SSSR count). The highest BCUT2D eigenvalue weighted by Crippen LogP contribution is 2.31. The molecular weight excluding hydrogens is 499 g/mol. The van der Waals surface area contributed by atoms with E-state index in [2.05, 4.69) is 26.6 Å². The van der Waals surface area contributed by atoms with Gasteiger partial charge in [0.1, 0.15) is 5.75 Å². The van der Waals surface area contributed by atoms with Crippen molar-refractivity contribution in [3.05, 3.63) is 50.4 Å². The van der Waals surface area contributed by atoms with Crippen LogP contribution in [0.15, 0.2) is 34.8 Å². The average molecular weight is 518 g/mol. The Kier molecular flexibility index (Phi) is 8.95. The monoisotopic (exact) mass is 516 g/mol. The molecular formula is C20H19BrCl2N2O5. The number of nitrogens with one attached hydrogen (secondary N) is 2. The van der Waals surface area contributed by atoms with Crippen molar-refractivity contribution in [2.75, 3.05) is 24.4 Å². The van der Waals surface area contributed by atoms with Crippen molar-refractivity contribution in [2.45, 2.75) is 19.8 Å². The Bertz CT molecular complexity index is 968. The van der Waals surface area contributed by atoms with Crippen molar-refractivity contribution in [3.8, 4) is 5.75 Å². The van der Waals surface area contributed by atoms with Gasteiger partial charge in [-0.1, -0.05) is 23.2 Å². The SMILES string of the molecule is COc1ccc(Cl)cc1NC(=O)CCC(=O)OCC(=O)Nc1ccc(Br)c(Cl)c1C. The van der Waals surface area contributed by atoms with E-state index in [1.54, 1.807) is 31.2 Å². The molecule has 0 aromatic heterocycles.